The van der Waals surface area contributed by atoms with Crippen LogP contribution in [0.25, 0.3) is 0 Å². The molecule has 1 aliphatic heterocycles. The van der Waals surface area contributed by atoms with Crippen molar-refractivity contribution in [3.8, 4) is 0 Å². The van der Waals surface area contributed by atoms with E-state index in [9.17, 15) is 19.7 Å². The van der Waals surface area contributed by atoms with Gasteiger partial charge in [-0.2, -0.15) is 0 Å². The van der Waals surface area contributed by atoms with Crippen LogP contribution in [0.3, 0.4) is 0 Å². The van der Waals surface area contributed by atoms with Crippen LogP contribution >= 0.6 is 11.8 Å². The van der Waals surface area contributed by atoms with E-state index in [0.717, 1.165) is 5.75 Å². The number of aromatic nitrogens is 2. The standard InChI is InChI=1S/C21H22N4O4S/c1-4-30-20-23-18-17(19(27)24-20)15(11-7-5-6-8-13(11)25(28)29)16-12(22-18)9-21(2,3)10-14(16)26/h5-8,15H,4,9-10H2,1-3H3,(H2,22,23,24,27)/t15-/m1/s1. The number of rotatable bonds is 4. The quantitative estimate of drug-likeness (QED) is 0.328. The van der Waals surface area contributed by atoms with E-state index in [0.29, 0.717) is 40.6 Å². The maximum absolute atomic E-state index is 13.2. The van der Waals surface area contributed by atoms with Crippen LogP contribution in [0.15, 0.2) is 45.5 Å². The van der Waals surface area contributed by atoms with Gasteiger partial charge in [-0.05, 0) is 17.6 Å². The molecule has 1 aromatic carbocycles. The third-order valence-corrected chi connectivity index (χ3v) is 6.18. The van der Waals surface area contributed by atoms with Gasteiger partial charge >= 0.3 is 0 Å². The fourth-order valence-electron chi connectivity index (χ4n) is 4.31. The zero-order valence-corrected chi connectivity index (χ0v) is 17.8. The molecule has 4 rings (SSSR count). The van der Waals surface area contributed by atoms with E-state index >= 15 is 0 Å². The van der Waals surface area contributed by atoms with E-state index < -0.39 is 16.4 Å². The summed E-state index contributed by atoms with van der Waals surface area (Å²) in [6, 6.07) is 6.28. The highest BCUT2D eigenvalue weighted by Crippen LogP contribution is 2.49. The van der Waals surface area contributed by atoms with Gasteiger partial charge in [-0.25, -0.2) is 4.98 Å². The van der Waals surface area contributed by atoms with E-state index in [1.54, 1.807) is 18.2 Å². The summed E-state index contributed by atoms with van der Waals surface area (Å²) in [4.78, 5) is 44.9. The highest BCUT2D eigenvalue weighted by Gasteiger charge is 2.44. The van der Waals surface area contributed by atoms with E-state index in [2.05, 4.69) is 15.3 Å². The molecule has 1 aliphatic carbocycles. The number of para-hydroxylation sites is 1. The molecule has 0 spiro atoms. The monoisotopic (exact) mass is 426 g/mol. The van der Waals surface area contributed by atoms with Crippen molar-refractivity contribution in [2.45, 2.75) is 44.7 Å². The third kappa shape index (κ3) is 3.43. The molecule has 156 valence electrons. The second kappa shape index (κ2) is 7.39. The molecular weight excluding hydrogens is 404 g/mol. The number of anilines is 1. The number of nitro groups is 1. The number of aromatic amines is 1. The molecule has 0 bridgehead atoms. The number of carbonyl (C=O) groups excluding carboxylic acids is 1. The number of carbonyl (C=O) groups is 1. The molecule has 0 unspecified atom stereocenters. The maximum Gasteiger partial charge on any atom is 0.273 e. The average molecular weight is 426 g/mol. The lowest BCUT2D eigenvalue weighted by molar-refractivity contribution is -0.385. The van der Waals surface area contributed by atoms with Crippen LogP contribution in [0.1, 0.15) is 50.7 Å². The second-order valence-corrected chi connectivity index (χ2v) is 9.53. The number of hydrogen-bond donors (Lipinski definition) is 2. The summed E-state index contributed by atoms with van der Waals surface area (Å²) in [6.45, 7) is 5.97. The van der Waals surface area contributed by atoms with Crippen LogP contribution in [0.5, 0.6) is 0 Å². The molecule has 30 heavy (non-hydrogen) atoms. The predicted molar refractivity (Wildman–Crippen MR) is 115 cm³/mol. The number of hydrogen-bond acceptors (Lipinski definition) is 7. The molecule has 0 amide bonds. The van der Waals surface area contributed by atoms with Crippen molar-refractivity contribution >= 4 is 29.1 Å². The predicted octanol–water partition coefficient (Wildman–Crippen LogP) is 3.99. The largest absolute Gasteiger partial charge is 0.343 e. The summed E-state index contributed by atoms with van der Waals surface area (Å²) >= 11 is 1.40. The Kier molecular flexibility index (Phi) is 5.01. The van der Waals surface area contributed by atoms with Gasteiger partial charge in [0.05, 0.1) is 16.4 Å². The molecule has 2 aliphatic rings. The Labute approximate surface area is 177 Å². The molecule has 0 radical (unpaired) electrons. The average Bonchev–Trinajstić information content (AvgIpc) is 2.65. The first-order valence-electron chi connectivity index (χ1n) is 9.75. The van der Waals surface area contributed by atoms with Crippen molar-refractivity contribution < 1.29 is 9.72 Å². The Bertz CT molecular complexity index is 1150. The molecule has 2 heterocycles. The number of thioether (sulfide) groups is 1. The summed E-state index contributed by atoms with van der Waals surface area (Å²) in [5.74, 6) is 0.156. The number of fused-ring (bicyclic) bond motifs is 1. The lowest BCUT2D eigenvalue weighted by Gasteiger charge is -2.38. The van der Waals surface area contributed by atoms with Crippen molar-refractivity contribution in [2.75, 3.05) is 11.1 Å². The van der Waals surface area contributed by atoms with Gasteiger partial charge in [-0.1, -0.05) is 50.7 Å². The molecule has 1 aromatic heterocycles. The van der Waals surface area contributed by atoms with Gasteiger partial charge in [0.2, 0.25) is 0 Å². The van der Waals surface area contributed by atoms with Crippen LogP contribution < -0.4 is 10.9 Å². The smallest absolute Gasteiger partial charge is 0.273 e. The van der Waals surface area contributed by atoms with Crippen LogP contribution in [0.2, 0.25) is 0 Å². The van der Waals surface area contributed by atoms with Gasteiger partial charge < -0.3 is 10.3 Å². The number of benzene rings is 1. The summed E-state index contributed by atoms with van der Waals surface area (Å²) in [7, 11) is 0. The number of allylic oxidation sites excluding steroid dienone is 2. The fourth-order valence-corrected chi connectivity index (χ4v) is 4.90. The summed E-state index contributed by atoms with van der Waals surface area (Å²) < 4.78 is 0. The number of nitro benzene ring substituents is 1. The lowest BCUT2D eigenvalue weighted by Crippen LogP contribution is -2.37. The number of nitrogens with zero attached hydrogens (tertiary/aromatic N) is 2. The van der Waals surface area contributed by atoms with Crippen LogP contribution in [0, 0.1) is 15.5 Å². The van der Waals surface area contributed by atoms with E-state index in [4.69, 9.17) is 0 Å². The van der Waals surface area contributed by atoms with Gasteiger partial charge in [-0.3, -0.25) is 19.7 Å². The Morgan fingerprint density at radius 3 is 2.70 bits per heavy atom. The van der Waals surface area contributed by atoms with Crippen molar-refractivity contribution in [3.63, 3.8) is 0 Å². The van der Waals surface area contributed by atoms with Crippen molar-refractivity contribution in [2.24, 2.45) is 5.41 Å². The molecule has 2 aromatic rings. The van der Waals surface area contributed by atoms with E-state index in [-0.39, 0.29) is 22.4 Å². The van der Waals surface area contributed by atoms with Crippen LogP contribution in [0.4, 0.5) is 11.5 Å². The Hall–Kier alpha value is -2.94. The molecule has 8 nitrogen and oxygen atoms in total. The van der Waals surface area contributed by atoms with E-state index in [1.165, 1.54) is 17.8 Å². The molecular formula is C21H22N4O4S. The Morgan fingerprint density at radius 1 is 1.27 bits per heavy atom. The minimum absolute atomic E-state index is 0.103. The van der Waals surface area contributed by atoms with Gasteiger partial charge in [0.1, 0.15) is 5.82 Å². The van der Waals surface area contributed by atoms with Crippen molar-refractivity contribution in [1.82, 2.24) is 9.97 Å². The van der Waals surface area contributed by atoms with Crippen LogP contribution in [-0.2, 0) is 4.79 Å². The van der Waals surface area contributed by atoms with Gasteiger partial charge in [0.25, 0.3) is 11.2 Å². The van der Waals surface area contributed by atoms with Crippen molar-refractivity contribution in [3.05, 3.63) is 67.1 Å². The zero-order chi connectivity index (χ0) is 21.6. The second-order valence-electron chi connectivity index (χ2n) is 8.27. The Balaban J connectivity index is 2.01. The molecule has 0 saturated carbocycles. The molecule has 9 heteroatoms. The number of nitrogens with one attached hydrogen (secondary N) is 2. The minimum Gasteiger partial charge on any atom is -0.343 e. The number of Topliss-reactive ketones (excluding diaryl/α,β-unsaturated/α-hetero) is 1. The molecule has 0 fully saturated rings. The maximum atomic E-state index is 13.2. The summed E-state index contributed by atoms with van der Waals surface area (Å²) in [5, 5.41) is 15.4. The van der Waals surface area contributed by atoms with Crippen molar-refractivity contribution in [1.29, 1.82) is 0 Å². The normalized spacial score (nSPS) is 19.7. The zero-order valence-electron chi connectivity index (χ0n) is 16.9. The molecule has 2 N–H and O–H groups in total. The topological polar surface area (TPSA) is 118 Å². The highest BCUT2D eigenvalue weighted by molar-refractivity contribution is 7.99. The summed E-state index contributed by atoms with van der Waals surface area (Å²) in [6.07, 6.45) is 0.907. The first-order valence-corrected chi connectivity index (χ1v) is 10.7. The minimum atomic E-state index is -0.835. The lowest BCUT2D eigenvalue weighted by atomic mass is 9.69. The number of H-pyrrole nitrogens is 1. The Morgan fingerprint density at radius 2 is 2.00 bits per heavy atom. The fraction of sp³-hybridized carbons (Fsp3) is 0.381. The van der Waals surface area contributed by atoms with Gasteiger partial charge in [0, 0.05) is 29.3 Å². The first-order chi connectivity index (χ1) is 14.2. The van der Waals surface area contributed by atoms with E-state index in [1.807, 2.05) is 20.8 Å². The van der Waals surface area contributed by atoms with Crippen LogP contribution in [-0.4, -0.2) is 26.4 Å². The molecule has 0 saturated heterocycles. The first kappa shape index (κ1) is 20.3. The summed E-state index contributed by atoms with van der Waals surface area (Å²) in [5.41, 5.74) is 0.930. The number of ketones is 1. The van der Waals surface area contributed by atoms with Gasteiger partial charge in [-0.15, -0.1) is 0 Å². The van der Waals surface area contributed by atoms with Gasteiger partial charge in [0.15, 0.2) is 10.9 Å². The molecule has 1 atom stereocenters. The SMILES string of the molecule is CCSc1nc2c(c(=O)[nH]1)[C@H](c1ccccc1[N+](=O)[O-])C1=C(CC(C)(C)CC1=O)N2. The third-order valence-electron chi connectivity index (χ3n) is 5.43. The highest BCUT2D eigenvalue weighted by atomic mass is 32.2.